The fourth-order valence-corrected chi connectivity index (χ4v) is 2.80. The highest BCUT2D eigenvalue weighted by Crippen LogP contribution is 2.40. The van der Waals surface area contributed by atoms with Crippen molar-refractivity contribution >= 4 is 23.8 Å². The minimum Gasteiger partial charge on any atom is -0.478 e. The van der Waals surface area contributed by atoms with Crippen LogP contribution in [0.1, 0.15) is 6.42 Å². The molecule has 0 spiro atoms. The molecule has 2 aliphatic heterocycles. The van der Waals surface area contributed by atoms with E-state index in [4.69, 9.17) is 16.5 Å². The van der Waals surface area contributed by atoms with E-state index in [2.05, 4.69) is 0 Å². The van der Waals surface area contributed by atoms with E-state index in [1.807, 2.05) is 0 Å². The highest BCUT2D eigenvalue weighted by molar-refractivity contribution is 6.22. The Bertz CT molecular complexity index is 472. The van der Waals surface area contributed by atoms with Gasteiger partial charge in [0.25, 0.3) is 0 Å². The lowest BCUT2D eigenvalue weighted by Gasteiger charge is -2.45. The number of nitrogens with zero attached hydrogens (tertiary/aromatic N) is 2. The third-order valence-corrected chi connectivity index (χ3v) is 3.90. The van der Waals surface area contributed by atoms with Crippen LogP contribution in [0.5, 0.6) is 0 Å². The molecule has 0 saturated carbocycles. The lowest BCUT2D eigenvalue weighted by molar-refractivity contribution is -0.234. The van der Waals surface area contributed by atoms with Crippen molar-refractivity contribution in [2.24, 2.45) is 0 Å². The van der Waals surface area contributed by atoms with E-state index in [9.17, 15) is 14.7 Å². The van der Waals surface area contributed by atoms with Crippen LogP contribution in [-0.4, -0.2) is 50.8 Å². The molecule has 3 unspecified atom stereocenters. The molecule has 0 aromatic rings. The minimum atomic E-state index is -1.57. The first-order valence-electron chi connectivity index (χ1n) is 5.58. The molecule has 18 heavy (non-hydrogen) atoms. The van der Waals surface area contributed by atoms with E-state index in [1.54, 1.807) is 24.3 Å². The second kappa shape index (κ2) is 3.73. The zero-order valence-electron chi connectivity index (χ0n) is 9.32. The van der Waals surface area contributed by atoms with Crippen LogP contribution in [0, 0.1) is 0 Å². The van der Waals surface area contributed by atoms with Gasteiger partial charge in [0, 0.05) is 18.2 Å². The summed E-state index contributed by atoms with van der Waals surface area (Å²) in [7, 11) is 0. The molecule has 2 saturated heterocycles. The van der Waals surface area contributed by atoms with Crippen LogP contribution in [0.3, 0.4) is 0 Å². The number of allylic oxidation sites excluding steroid dienone is 2. The lowest BCUT2D eigenvalue weighted by atomic mass is 9.97. The molecule has 96 valence electrons. The molecule has 0 radical (unpaired) electrons. The summed E-state index contributed by atoms with van der Waals surface area (Å²) in [6.45, 7) is 0.329. The zero-order valence-corrected chi connectivity index (χ0v) is 10.1. The molecule has 2 amide bonds. The number of ether oxygens (including phenoxy) is 1. The minimum absolute atomic E-state index is 0.277. The number of carboxylic acid groups (broad SMARTS) is 1. The van der Waals surface area contributed by atoms with E-state index in [-0.39, 0.29) is 12.5 Å². The molecule has 7 heteroatoms. The van der Waals surface area contributed by atoms with Crippen LogP contribution in [0.15, 0.2) is 24.3 Å². The Morgan fingerprint density at radius 3 is 2.56 bits per heavy atom. The van der Waals surface area contributed by atoms with E-state index >= 15 is 0 Å². The molecule has 0 bridgehead atoms. The van der Waals surface area contributed by atoms with Gasteiger partial charge in [0.1, 0.15) is 0 Å². The summed E-state index contributed by atoms with van der Waals surface area (Å²) in [5.41, 5.74) is -1.57. The lowest BCUT2D eigenvalue weighted by Crippen LogP contribution is -2.65. The highest BCUT2D eigenvalue weighted by atomic mass is 35.5. The number of rotatable bonds is 2. The molecule has 0 aromatic heterocycles. The number of aliphatic carboxylic acids is 1. The molecular formula is C11H11ClN2O4. The summed E-state index contributed by atoms with van der Waals surface area (Å²) in [6.07, 6.45) is 7.36. The number of hydrogen-bond acceptors (Lipinski definition) is 3. The van der Waals surface area contributed by atoms with Crippen molar-refractivity contribution in [3.05, 3.63) is 24.3 Å². The summed E-state index contributed by atoms with van der Waals surface area (Å²) in [5.74, 6) is -1.16. The van der Waals surface area contributed by atoms with Crippen LogP contribution in [-0.2, 0) is 9.53 Å². The Morgan fingerprint density at radius 2 is 2.06 bits per heavy atom. The van der Waals surface area contributed by atoms with Crippen molar-refractivity contribution in [2.75, 3.05) is 6.61 Å². The number of urea groups is 1. The van der Waals surface area contributed by atoms with Crippen molar-refractivity contribution in [1.29, 1.82) is 0 Å². The standard InChI is InChI=1S/C11H11ClN2O4/c12-14-8-4-2-1-3-7(8)13(10(14)17)11(9(15)16)5-6-18-11/h1-4,7-8H,5-6H2,(H,15,16). The third kappa shape index (κ3) is 1.27. The van der Waals surface area contributed by atoms with Gasteiger partial charge in [-0.1, -0.05) is 24.3 Å². The van der Waals surface area contributed by atoms with Gasteiger partial charge in [0.15, 0.2) is 0 Å². The van der Waals surface area contributed by atoms with Crippen molar-refractivity contribution in [3.8, 4) is 0 Å². The molecule has 1 N–H and O–H groups in total. The summed E-state index contributed by atoms with van der Waals surface area (Å²) in [6, 6.07) is -1.30. The van der Waals surface area contributed by atoms with Gasteiger partial charge in [0.2, 0.25) is 5.72 Å². The molecule has 2 fully saturated rings. The smallest absolute Gasteiger partial charge is 0.357 e. The Kier molecular flexibility index (Phi) is 2.39. The van der Waals surface area contributed by atoms with Crippen molar-refractivity contribution in [1.82, 2.24) is 9.32 Å². The van der Waals surface area contributed by atoms with E-state index in [0.29, 0.717) is 6.61 Å². The first-order chi connectivity index (χ1) is 8.58. The van der Waals surface area contributed by atoms with Gasteiger partial charge < -0.3 is 9.84 Å². The van der Waals surface area contributed by atoms with Crippen LogP contribution < -0.4 is 0 Å². The summed E-state index contributed by atoms with van der Waals surface area (Å²) in [5, 5.41) is 9.32. The average Bonchev–Trinajstić information content (AvgIpc) is 2.54. The monoisotopic (exact) mass is 270 g/mol. The Labute approximate surface area is 108 Å². The maximum absolute atomic E-state index is 12.1. The Morgan fingerprint density at radius 1 is 1.44 bits per heavy atom. The number of amides is 2. The second-order valence-corrected chi connectivity index (χ2v) is 4.77. The SMILES string of the molecule is O=C1N(Cl)C2C=CC=CC2N1C1(C(=O)O)CCO1. The summed E-state index contributed by atoms with van der Waals surface area (Å²) in [4.78, 5) is 24.7. The molecular weight excluding hydrogens is 260 g/mol. The van der Waals surface area contributed by atoms with Gasteiger partial charge in [-0.25, -0.2) is 14.0 Å². The highest BCUT2D eigenvalue weighted by Gasteiger charge is 2.61. The largest absolute Gasteiger partial charge is 0.478 e. The first kappa shape index (κ1) is 11.6. The van der Waals surface area contributed by atoms with Gasteiger partial charge >= 0.3 is 12.0 Å². The predicted octanol–water partition coefficient (Wildman–Crippen LogP) is 0.942. The van der Waals surface area contributed by atoms with Gasteiger partial charge in [-0.2, -0.15) is 0 Å². The molecule has 2 heterocycles. The topological polar surface area (TPSA) is 70.1 Å². The van der Waals surface area contributed by atoms with Crippen molar-refractivity contribution in [2.45, 2.75) is 24.2 Å². The van der Waals surface area contributed by atoms with Crippen molar-refractivity contribution in [3.63, 3.8) is 0 Å². The third-order valence-electron chi connectivity index (χ3n) is 3.53. The van der Waals surface area contributed by atoms with Crippen LogP contribution in [0.4, 0.5) is 4.79 Å². The van der Waals surface area contributed by atoms with Gasteiger partial charge in [-0.05, 0) is 0 Å². The molecule has 0 aromatic carbocycles. The predicted molar refractivity (Wildman–Crippen MR) is 61.7 cm³/mol. The van der Waals surface area contributed by atoms with Crippen LogP contribution in [0.25, 0.3) is 0 Å². The van der Waals surface area contributed by atoms with Gasteiger partial charge in [-0.3, -0.25) is 4.90 Å². The van der Waals surface area contributed by atoms with E-state index in [0.717, 1.165) is 4.42 Å². The van der Waals surface area contributed by atoms with E-state index < -0.39 is 23.8 Å². The van der Waals surface area contributed by atoms with Crippen LogP contribution >= 0.6 is 11.8 Å². The number of carboxylic acids is 1. The summed E-state index contributed by atoms with van der Waals surface area (Å²) >= 11 is 5.93. The molecule has 6 nitrogen and oxygen atoms in total. The van der Waals surface area contributed by atoms with E-state index in [1.165, 1.54) is 4.90 Å². The maximum atomic E-state index is 12.1. The quantitative estimate of drug-likeness (QED) is 0.758. The number of carbonyl (C=O) groups is 2. The number of carbonyl (C=O) groups excluding carboxylic acids is 1. The average molecular weight is 271 g/mol. The zero-order chi connectivity index (χ0) is 12.9. The fourth-order valence-electron chi connectivity index (χ4n) is 2.54. The Balaban J connectivity index is 2.01. The summed E-state index contributed by atoms with van der Waals surface area (Å²) < 4.78 is 6.22. The van der Waals surface area contributed by atoms with Gasteiger partial charge in [-0.15, -0.1) is 0 Å². The van der Waals surface area contributed by atoms with Gasteiger partial charge in [0.05, 0.1) is 18.7 Å². The Hall–Kier alpha value is -1.53. The normalized spacial score (nSPS) is 37.7. The molecule has 3 atom stereocenters. The van der Waals surface area contributed by atoms with Crippen LogP contribution in [0.2, 0.25) is 0 Å². The molecule has 3 aliphatic rings. The fraction of sp³-hybridized carbons (Fsp3) is 0.455. The number of hydrogen-bond donors (Lipinski definition) is 1. The molecule has 3 rings (SSSR count). The number of halogens is 1. The maximum Gasteiger partial charge on any atom is 0.357 e. The molecule has 1 aliphatic carbocycles. The second-order valence-electron chi connectivity index (χ2n) is 4.40. The number of fused-ring (bicyclic) bond motifs is 1. The van der Waals surface area contributed by atoms with Crippen molar-refractivity contribution < 1.29 is 19.4 Å². The first-order valence-corrected chi connectivity index (χ1v) is 5.92.